The zero-order valence-electron chi connectivity index (χ0n) is 13.6. The van der Waals surface area contributed by atoms with Crippen molar-refractivity contribution in [1.29, 1.82) is 0 Å². The van der Waals surface area contributed by atoms with E-state index in [1.807, 2.05) is 19.9 Å². The van der Waals surface area contributed by atoms with Gasteiger partial charge < -0.3 is 4.74 Å². The van der Waals surface area contributed by atoms with Gasteiger partial charge in [0.1, 0.15) is 5.75 Å². The standard InChI is InChI=1S/C18H17BrN2O2S/c1-4-23-14-8-7-12(9-13(14)19)17(22)21-18-20-15-10(2)5-6-11(3)16(15)24-18/h5-9H,4H2,1-3H3,(H,20,21,22). The number of fused-ring (bicyclic) bond motifs is 1. The second kappa shape index (κ2) is 6.91. The molecule has 0 aliphatic rings. The van der Waals surface area contributed by atoms with Crippen LogP contribution in [0.15, 0.2) is 34.8 Å². The number of carbonyl (C=O) groups is 1. The number of anilines is 1. The lowest BCUT2D eigenvalue weighted by Crippen LogP contribution is -2.11. The molecule has 0 aliphatic carbocycles. The molecule has 1 amide bonds. The number of aryl methyl sites for hydroxylation is 2. The van der Waals surface area contributed by atoms with Crippen molar-refractivity contribution in [3.8, 4) is 5.75 Å². The van der Waals surface area contributed by atoms with Gasteiger partial charge in [0.25, 0.3) is 5.91 Å². The third-order valence-corrected chi connectivity index (χ3v) is 5.38. The number of nitrogens with zero attached hydrogens (tertiary/aromatic N) is 1. The summed E-state index contributed by atoms with van der Waals surface area (Å²) in [6.07, 6.45) is 0. The molecule has 0 spiro atoms. The molecule has 24 heavy (non-hydrogen) atoms. The van der Waals surface area contributed by atoms with E-state index in [4.69, 9.17) is 4.74 Å². The summed E-state index contributed by atoms with van der Waals surface area (Å²) in [4.78, 5) is 17.0. The zero-order valence-corrected chi connectivity index (χ0v) is 16.0. The van der Waals surface area contributed by atoms with Gasteiger partial charge in [-0.2, -0.15) is 0 Å². The van der Waals surface area contributed by atoms with Crippen LogP contribution in [0.1, 0.15) is 28.4 Å². The number of thiazole rings is 1. The van der Waals surface area contributed by atoms with Gasteiger partial charge in [0.15, 0.2) is 5.13 Å². The van der Waals surface area contributed by atoms with Crippen molar-refractivity contribution in [2.24, 2.45) is 0 Å². The molecule has 1 aromatic heterocycles. The highest BCUT2D eigenvalue weighted by Gasteiger charge is 2.13. The number of halogens is 1. The number of amides is 1. The Morgan fingerprint density at radius 3 is 2.67 bits per heavy atom. The van der Waals surface area contributed by atoms with Crippen LogP contribution in [-0.4, -0.2) is 17.5 Å². The maximum Gasteiger partial charge on any atom is 0.257 e. The van der Waals surface area contributed by atoms with E-state index in [0.29, 0.717) is 17.3 Å². The summed E-state index contributed by atoms with van der Waals surface area (Å²) >= 11 is 4.93. The second-order valence-electron chi connectivity index (χ2n) is 5.43. The second-order valence-corrected chi connectivity index (χ2v) is 7.28. The van der Waals surface area contributed by atoms with E-state index >= 15 is 0 Å². The Morgan fingerprint density at radius 2 is 2.00 bits per heavy atom. The van der Waals surface area contributed by atoms with Crippen molar-refractivity contribution in [3.63, 3.8) is 0 Å². The number of hydrogen-bond acceptors (Lipinski definition) is 4. The van der Waals surface area contributed by atoms with E-state index in [2.05, 4.69) is 39.2 Å². The first-order valence-corrected chi connectivity index (χ1v) is 9.21. The Kier molecular flexibility index (Phi) is 4.87. The molecule has 0 aliphatic heterocycles. The summed E-state index contributed by atoms with van der Waals surface area (Å²) in [7, 11) is 0. The zero-order chi connectivity index (χ0) is 17.3. The maximum absolute atomic E-state index is 12.5. The van der Waals surface area contributed by atoms with Gasteiger partial charge in [0.2, 0.25) is 0 Å². The highest BCUT2D eigenvalue weighted by molar-refractivity contribution is 9.10. The molecule has 3 aromatic rings. The molecule has 0 saturated heterocycles. The van der Waals surface area contributed by atoms with Crippen LogP contribution in [0.2, 0.25) is 0 Å². The van der Waals surface area contributed by atoms with Crippen LogP contribution in [0.4, 0.5) is 5.13 Å². The Bertz CT molecular complexity index is 882. The fourth-order valence-electron chi connectivity index (χ4n) is 2.40. The van der Waals surface area contributed by atoms with E-state index < -0.39 is 0 Å². The van der Waals surface area contributed by atoms with Crippen molar-refractivity contribution < 1.29 is 9.53 Å². The van der Waals surface area contributed by atoms with Gasteiger partial charge in [-0.25, -0.2) is 4.98 Å². The van der Waals surface area contributed by atoms with Crippen LogP contribution in [-0.2, 0) is 0 Å². The van der Waals surface area contributed by atoms with Crippen LogP contribution >= 0.6 is 27.3 Å². The third-order valence-electron chi connectivity index (χ3n) is 3.66. The van der Waals surface area contributed by atoms with Crippen LogP contribution in [0.25, 0.3) is 10.2 Å². The molecule has 0 unspecified atom stereocenters. The van der Waals surface area contributed by atoms with Crippen molar-refractivity contribution >= 4 is 48.5 Å². The van der Waals surface area contributed by atoms with E-state index in [1.165, 1.54) is 11.3 Å². The lowest BCUT2D eigenvalue weighted by molar-refractivity contribution is 0.102. The van der Waals surface area contributed by atoms with Gasteiger partial charge in [0, 0.05) is 5.56 Å². The monoisotopic (exact) mass is 404 g/mol. The van der Waals surface area contributed by atoms with Gasteiger partial charge in [-0.15, -0.1) is 0 Å². The average molecular weight is 405 g/mol. The minimum atomic E-state index is -0.187. The van der Waals surface area contributed by atoms with Crippen LogP contribution in [0, 0.1) is 13.8 Å². The molecule has 1 heterocycles. The van der Waals surface area contributed by atoms with E-state index in [1.54, 1.807) is 18.2 Å². The highest BCUT2D eigenvalue weighted by atomic mass is 79.9. The number of aromatic nitrogens is 1. The molecule has 4 nitrogen and oxygen atoms in total. The largest absolute Gasteiger partial charge is 0.493 e. The number of ether oxygens (including phenoxy) is 1. The smallest absolute Gasteiger partial charge is 0.257 e. The Labute approximate surface area is 153 Å². The van der Waals surface area contributed by atoms with Crippen molar-refractivity contribution in [2.75, 3.05) is 11.9 Å². The van der Waals surface area contributed by atoms with E-state index in [9.17, 15) is 4.79 Å². The Balaban J connectivity index is 1.86. The minimum absolute atomic E-state index is 0.187. The fraction of sp³-hybridized carbons (Fsp3) is 0.222. The molecule has 1 N–H and O–H groups in total. The van der Waals surface area contributed by atoms with Gasteiger partial charge >= 0.3 is 0 Å². The number of hydrogen-bond donors (Lipinski definition) is 1. The number of nitrogens with one attached hydrogen (secondary N) is 1. The summed E-state index contributed by atoms with van der Waals surface area (Å²) in [6, 6.07) is 9.41. The van der Waals surface area contributed by atoms with Gasteiger partial charge in [0.05, 0.1) is 21.3 Å². The molecule has 0 fully saturated rings. The van der Waals surface area contributed by atoms with Crippen molar-refractivity contribution in [1.82, 2.24) is 4.98 Å². The Hall–Kier alpha value is -1.92. The quantitative estimate of drug-likeness (QED) is 0.639. The molecule has 0 atom stereocenters. The lowest BCUT2D eigenvalue weighted by atomic mass is 10.1. The predicted molar refractivity (Wildman–Crippen MR) is 102 cm³/mol. The summed E-state index contributed by atoms with van der Waals surface area (Å²) in [5.41, 5.74) is 3.77. The summed E-state index contributed by atoms with van der Waals surface area (Å²) < 4.78 is 7.33. The first-order chi connectivity index (χ1) is 11.5. The molecule has 0 radical (unpaired) electrons. The van der Waals surface area contributed by atoms with Gasteiger partial charge in [-0.3, -0.25) is 10.1 Å². The first kappa shape index (κ1) is 16.9. The molecular formula is C18H17BrN2O2S. The molecule has 3 rings (SSSR count). The first-order valence-electron chi connectivity index (χ1n) is 7.60. The van der Waals surface area contributed by atoms with E-state index in [0.717, 1.165) is 31.6 Å². The van der Waals surface area contributed by atoms with Crippen LogP contribution in [0.3, 0.4) is 0 Å². The van der Waals surface area contributed by atoms with Crippen LogP contribution < -0.4 is 10.1 Å². The molecular weight excluding hydrogens is 388 g/mol. The SMILES string of the molecule is CCOc1ccc(C(=O)Nc2nc3c(C)ccc(C)c3s2)cc1Br. The molecule has 0 bridgehead atoms. The van der Waals surface area contributed by atoms with Crippen molar-refractivity contribution in [2.45, 2.75) is 20.8 Å². The topological polar surface area (TPSA) is 51.2 Å². The normalized spacial score (nSPS) is 10.8. The number of rotatable bonds is 4. The van der Waals surface area contributed by atoms with Gasteiger partial charge in [-0.1, -0.05) is 23.5 Å². The molecule has 124 valence electrons. The highest BCUT2D eigenvalue weighted by Crippen LogP contribution is 2.31. The van der Waals surface area contributed by atoms with E-state index in [-0.39, 0.29) is 5.91 Å². The lowest BCUT2D eigenvalue weighted by Gasteiger charge is -2.07. The number of benzene rings is 2. The third kappa shape index (κ3) is 3.30. The molecule has 0 saturated carbocycles. The van der Waals surface area contributed by atoms with Gasteiger partial charge in [-0.05, 0) is 66.0 Å². The fourth-order valence-corrected chi connectivity index (χ4v) is 3.90. The molecule has 6 heteroatoms. The minimum Gasteiger partial charge on any atom is -0.493 e. The summed E-state index contributed by atoms with van der Waals surface area (Å²) in [5.74, 6) is 0.536. The molecule has 2 aromatic carbocycles. The number of carbonyl (C=O) groups excluding carboxylic acids is 1. The van der Waals surface area contributed by atoms with Crippen LogP contribution in [0.5, 0.6) is 5.75 Å². The summed E-state index contributed by atoms with van der Waals surface area (Å²) in [5, 5.41) is 3.50. The predicted octanol–water partition coefficient (Wildman–Crippen LogP) is 5.33. The summed E-state index contributed by atoms with van der Waals surface area (Å²) in [6.45, 7) is 6.57. The van der Waals surface area contributed by atoms with Crippen molar-refractivity contribution in [3.05, 3.63) is 51.5 Å². The maximum atomic E-state index is 12.5. The Morgan fingerprint density at radius 1 is 1.25 bits per heavy atom. The average Bonchev–Trinajstić information content (AvgIpc) is 2.98.